The summed E-state index contributed by atoms with van der Waals surface area (Å²) < 4.78 is 0. The Bertz CT molecular complexity index is 433. The monoisotopic (exact) mass is 250 g/mol. The maximum atomic E-state index is 12.4. The predicted molar refractivity (Wildman–Crippen MR) is 73.4 cm³/mol. The SMILES string of the molecule is Cc1cc(N)ccc1C(=O)N1CCSC(C)C1. The third kappa shape index (κ3) is 2.75. The number of rotatable bonds is 1. The van der Waals surface area contributed by atoms with Gasteiger partial charge in [0.2, 0.25) is 0 Å². The minimum atomic E-state index is 0.134. The number of hydrogen-bond acceptors (Lipinski definition) is 3. The number of nitrogens with zero attached hydrogens (tertiary/aromatic N) is 1. The fourth-order valence-corrected chi connectivity index (χ4v) is 3.11. The summed E-state index contributed by atoms with van der Waals surface area (Å²) in [4.78, 5) is 14.3. The number of nitrogens with two attached hydrogens (primary N) is 1. The molecule has 1 aliphatic heterocycles. The summed E-state index contributed by atoms with van der Waals surface area (Å²) in [5, 5.41) is 0.529. The van der Waals surface area contributed by atoms with Gasteiger partial charge < -0.3 is 10.6 Å². The first kappa shape index (κ1) is 12.3. The molecule has 3 nitrogen and oxygen atoms in total. The van der Waals surface area contributed by atoms with E-state index in [2.05, 4.69) is 6.92 Å². The molecule has 1 unspecified atom stereocenters. The molecule has 1 aromatic rings. The van der Waals surface area contributed by atoms with E-state index in [-0.39, 0.29) is 5.91 Å². The van der Waals surface area contributed by atoms with Crippen LogP contribution in [0.25, 0.3) is 0 Å². The molecule has 0 bridgehead atoms. The van der Waals surface area contributed by atoms with E-state index >= 15 is 0 Å². The standard InChI is InChI=1S/C13H18N2OS/c1-9-7-11(14)3-4-12(9)13(16)15-5-6-17-10(2)8-15/h3-4,7,10H,5-6,8,14H2,1-2H3. The van der Waals surface area contributed by atoms with E-state index in [0.717, 1.165) is 30.0 Å². The lowest BCUT2D eigenvalue weighted by Gasteiger charge is -2.31. The van der Waals surface area contributed by atoms with Crippen LogP contribution in [0.3, 0.4) is 0 Å². The summed E-state index contributed by atoms with van der Waals surface area (Å²) in [5.74, 6) is 1.16. The van der Waals surface area contributed by atoms with Crippen LogP contribution in [0.4, 0.5) is 5.69 Å². The lowest BCUT2D eigenvalue weighted by atomic mass is 10.1. The molecule has 2 N–H and O–H groups in total. The molecule has 0 aliphatic carbocycles. The van der Waals surface area contributed by atoms with Crippen molar-refractivity contribution in [2.24, 2.45) is 0 Å². The minimum absolute atomic E-state index is 0.134. The molecule has 2 rings (SSSR count). The van der Waals surface area contributed by atoms with Gasteiger partial charge in [-0.3, -0.25) is 4.79 Å². The number of hydrogen-bond donors (Lipinski definition) is 1. The molecule has 0 aromatic heterocycles. The zero-order valence-corrected chi connectivity index (χ0v) is 11.1. The average Bonchev–Trinajstić information content (AvgIpc) is 2.28. The molecule has 0 saturated carbocycles. The van der Waals surface area contributed by atoms with Gasteiger partial charge in [0.15, 0.2) is 0 Å². The Balaban J connectivity index is 2.18. The van der Waals surface area contributed by atoms with Crippen LogP contribution in [0.15, 0.2) is 18.2 Å². The van der Waals surface area contributed by atoms with Crippen molar-refractivity contribution in [3.8, 4) is 0 Å². The number of nitrogen functional groups attached to an aromatic ring is 1. The normalized spacial score (nSPS) is 20.4. The van der Waals surface area contributed by atoms with Crippen LogP contribution in [0.1, 0.15) is 22.8 Å². The van der Waals surface area contributed by atoms with Gasteiger partial charge in [0, 0.05) is 35.3 Å². The second-order valence-electron chi connectivity index (χ2n) is 4.51. The summed E-state index contributed by atoms with van der Waals surface area (Å²) in [6.45, 7) is 5.79. The molecule has 0 radical (unpaired) electrons. The van der Waals surface area contributed by atoms with Crippen molar-refractivity contribution in [3.05, 3.63) is 29.3 Å². The number of aryl methyl sites for hydroxylation is 1. The van der Waals surface area contributed by atoms with Crippen molar-refractivity contribution in [1.82, 2.24) is 4.90 Å². The number of benzene rings is 1. The summed E-state index contributed by atoms with van der Waals surface area (Å²) in [7, 11) is 0. The fraction of sp³-hybridized carbons (Fsp3) is 0.462. The maximum Gasteiger partial charge on any atom is 0.254 e. The van der Waals surface area contributed by atoms with E-state index in [1.807, 2.05) is 35.7 Å². The average molecular weight is 250 g/mol. The van der Waals surface area contributed by atoms with Crippen molar-refractivity contribution in [3.63, 3.8) is 0 Å². The van der Waals surface area contributed by atoms with Gasteiger partial charge in [-0.15, -0.1) is 0 Å². The topological polar surface area (TPSA) is 46.3 Å². The van der Waals surface area contributed by atoms with Gasteiger partial charge in [0.05, 0.1) is 0 Å². The van der Waals surface area contributed by atoms with Crippen LogP contribution in [-0.2, 0) is 0 Å². The van der Waals surface area contributed by atoms with Gasteiger partial charge in [-0.25, -0.2) is 0 Å². The Hall–Kier alpha value is -1.16. The molecule has 1 atom stereocenters. The van der Waals surface area contributed by atoms with Crippen LogP contribution in [0.2, 0.25) is 0 Å². The molecule has 92 valence electrons. The smallest absolute Gasteiger partial charge is 0.254 e. The van der Waals surface area contributed by atoms with Crippen LogP contribution >= 0.6 is 11.8 Å². The highest BCUT2D eigenvalue weighted by molar-refractivity contribution is 7.99. The largest absolute Gasteiger partial charge is 0.399 e. The number of carbonyl (C=O) groups is 1. The molecular formula is C13H18N2OS. The highest BCUT2D eigenvalue weighted by Gasteiger charge is 2.23. The van der Waals surface area contributed by atoms with Crippen molar-refractivity contribution in [2.75, 3.05) is 24.6 Å². The van der Waals surface area contributed by atoms with Gasteiger partial charge in [-0.05, 0) is 30.7 Å². The van der Waals surface area contributed by atoms with Gasteiger partial charge in [-0.1, -0.05) is 6.92 Å². The number of carbonyl (C=O) groups excluding carboxylic acids is 1. The third-order valence-electron chi connectivity index (χ3n) is 3.01. The van der Waals surface area contributed by atoms with Crippen LogP contribution < -0.4 is 5.73 Å². The highest BCUT2D eigenvalue weighted by atomic mass is 32.2. The minimum Gasteiger partial charge on any atom is -0.399 e. The predicted octanol–water partition coefficient (Wildman–Crippen LogP) is 2.15. The molecule has 1 saturated heterocycles. The third-order valence-corrected chi connectivity index (χ3v) is 4.15. The second kappa shape index (κ2) is 5.00. The highest BCUT2D eigenvalue weighted by Crippen LogP contribution is 2.21. The summed E-state index contributed by atoms with van der Waals surface area (Å²) >= 11 is 1.93. The van der Waals surface area contributed by atoms with Crippen molar-refractivity contribution < 1.29 is 4.79 Å². The fourth-order valence-electron chi connectivity index (χ4n) is 2.10. The van der Waals surface area contributed by atoms with Crippen molar-refractivity contribution >= 4 is 23.4 Å². The molecule has 0 spiro atoms. The number of thioether (sulfide) groups is 1. The summed E-state index contributed by atoms with van der Waals surface area (Å²) in [6.07, 6.45) is 0. The van der Waals surface area contributed by atoms with Crippen molar-refractivity contribution in [1.29, 1.82) is 0 Å². The number of anilines is 1. The first-order chi connectivity index (χ1) is 8.08. The molecule has 1 fully saturated rings. The van der Waals surface area contributed by atoms with Crippen LogP contribution in [0.5, 0.6) is 0 Å². The molecule has 1 heterocycles. The van der Waals surface area contributed by atoms with E-state index in [0.29, 0.717) is 10.9 Å². The van der Waals surface area contributed by atoms with E-state index in [9.17, 15) is 4.79 Å². The lowest BCUT2D eigenvalue weighted by molar-refractivity contribution is 0.0762. The van der Waals surface area contributed by atoms with Crippen molar-refractivity contribution in [2.45, 2.75) is 19.1 Å². The van der Waals surface area contributed by atoms with Crippen LogP contribution in [0, 0.1) is 6.92 Å². The molecule has 1 aliphatic rings. The Morgan fingerprint density at radius 2 is 2.29 bits per heavy atom. The van der Waals surface area contributed by atoms with Crippen LogP contribution in [-0.4, -0.2) is 34.9 Å². The molecular weight excluding hydrogens is 232 g/mol. The summed E-state index contributed by atoms with van der Waals surface area (Å²) in [6, 6.07) is 5.48. The first-order valence-corrected chi connectivity index (χ1v) is 6.90. The van der Waals surface area contributed by atoms with E-state index in [1.165, 1.54) is 0 Å². The van der Waals surface area contributed by atoms with Gasteiger partial charge >= 0.3 is 0 Å². The molecule has 1 amide bonds. The Labute approximate surface area is 106 Å². The quantitative estimate of drug-likeness (QED) is 0.777. The first-order valence-electron chi connectivity index (χ1n) is 5.85. The molecule has 1 aromatic carbocycles. The zero-order valence-electron chi connectivity index (χ0n) is 10.3. The zero-order chi connectivity index (χ0) is 12.4. The number of amides is 1. The Morgan fingerprint density at radius 3 is 2.94 bits per heavy atom. The van der Waals surface area contributed by atoms with E-state index < -0.39 is 0 Å². The van der Waals surface area contributed by atoms with E-state index in [4.69, 9.17) is 5.73 Å². The lowest BCUT2D eigenvalue weighted by Crippen LogP contribution is -2.41. The second-order valence-corrected chi connectivity index (χ2v) is 6.05. The van der Waals surface area contributed by atoms with Gasteiger partial charge in [0.1, 0.15) is 0 Å². The van der Waals surface area contributed by atoms with Gasteiger partial charge in [-0.2, -0.15) is 11.8 Å². The Kier molecular flexibility index (Phi) is 3.62. The summed E-state index contributed by atoms with van der Waals surface area (Å²) in [5.41, 5.74) is 8.15. The van der Waals surface area contributed by atoms with Gasteiger partial charge in [0.25, 0.3) is 5.91 Å². The Morgan fingerprint density at radius 1 is 1.53 bits per heavy atom. The van der Waals surface area contributed by atoms with E-state index in [1.54, 1.807) is 6.07 Å². The maximum absolute atomic E-state index is 12.4. The molecule has 4 heteroatoms. The molecule has 17 heavy (non-hydrogen) atoms.